The van der Waals surface area contributed by atoms with Crippen molar-refractivity contribution in [2.45, 2.75) is 26.4 Å². The fourth-order valence-corrected chi connectivity index (χ4v) is 2.75. The van der Waals surface area contributed by atoms with Crippen molar-refractivity contribution >= 4 is 16.8 Å². The minimum Gasteiger partial charge on any atom is -0.464 e. The minimum atomic E-state index is -0.513. The molecule has 7 nitrogen and oxygen atoms in total. The fraction of sp³-hybridized carbons (Fsp3) is 0.278. The normalized spacial score (nSPS) is 11.0. The molecule has 0 fully saturated rings. The van der Waals surface area contributed by atoms with Crippen LogP contribution in [0.1, 0.15) is 17.9 Å². The molecule has 0 aliphatic carbocycles. The fourth-order valence-electron chi connectivity index (χ4n) is 2.75. The first-order valence-corrected chi connectivity index (χ1v) is 7.97. The number of fused-ring (bicyclic) bond motifs is 1. The van der Waals surface area contributed by atoms with E-state index in [1.54, 1.807) is 36.2 Å². The van der Waals surface area contributed by atoms with Crippen LogP contribution in [0.25, 0.3) is 10.9 Å². The van der Waals surface area contributed by atoms with Gasteiger partial charge in [-0.05, 0) is 31.2 Å². The molecule has 1 aromatic carbocycles. The van der Waals surface area contributed by atoms with E-state index < -0.39 is 11.2 Å². The van der Waals surface area contributed by atoms with Gasteiger partial charge in [-0.3, -0.25) is 19.1 Å². The molecular weight excluding hydrogens is 322 g/mol. The number of H-pyrrole nitrogens is 1. The maximum absolute atomic E-state index is 12.3. The van der Waals surface area contributed by atoms with Crippen molar-refractivity contribution in [2.75, 3.05) is 7.05 Å². The molecule has 0 aliphatic rings. The van der Waals surface area contributed by atoms with Crippen LogP contribution in [0.15, 0.2) is 50.4 Å². The summed E-state index contributed by atoms with van der Waals surface area (Å²) in [6.45, 7) is 2.41. The number of para-hydroxylation sites is 1. The van der Waals surface area contributed by atoms with E-state index >= 15 is 0 Å². The van der Waals surface area contributed by atoms with Gasteiger partial charge in [-0.2, -0.15) is 0 Å². The summed E-state index contributed by atoms with van der Waals surface area (Å²) >= 11 is 0. The molecule has 0 saturated carbocycles. The number of nitrogens with one attached hydrogen (secondary N) is 1. The van der Waals surface area contributed by atoms with Crippen LogP contribution >= 0.6 is 0 Å². The van der Waals surface area contributed by atoms with Gasteiger partial charge in [0, 0.05) is 20.0 Å². The Morgan fingerprint density at radius 1 is 1.20 bits per heavy atom. The maximum atomic E-state index is 12.3. The van der Waals surface area contributed by atoms with Crippen LogP contribution in [0, 0.1) is 6.92 Å². The molecule has 3 aromatic rings. The second-order valence-electron chi connectivity index (χ2n) is 5.94. The largest absolute Gasteiger partial charge is 0.464 e. The molecule has 0 saturated heterocycles. The summed E-state index contributed by atoms with van der Waals surface area (Å²) in [5.74, 6) is 1.39. The average molecular weight is 341 g/mol. The lowest BCUT2D eigenvalue weighted by atomic mass is 10.2. The highest BCUT2D eigenvalue weighted by atomic mass is 16.3. The third-order valence-electron chi connectivity index (χ3n) is 4.07. The van der Waals surface area contributed by atoms with E-state index in [2.05, 4.69) is 4.98 Å². The number of amides is 1. The molecule has 1 amide bonds. The number of carbonyl (C=O) groups excluding carboxylic acids is 1. The lowest BCUT2D eigenvalue weighted by molar-refractivity contribution is -0.130. The minimum absolute atomic E-state index is 0.115. The maximum Gasteiger partial charge on any atom is 0.328 e. The smallest absolute Gasteiger partial charge is 0.328 e. The van der Waals surface area contributed by atoms with Crippen LogP contribution in [-0.4, -0.2) is 27.4 Å². The lowest BCUT2D eigenvalue weighted by Crippen LogP contribution is -2.33. The van der Waals surface area contributed by atoms with Crippen LogP contribution in [0.3, 0.4) is 0 Å². The molecule has 7 heteroatoms. The average Bonchev–Trinajstić information content (AvgIpc) is 2.99. The number of hydrogen-bond acceptors (Lipinski definition) is 4. The summed E-state index contributed by atoms with van der Waals surface area (Å²) in [5.41, 5.74) is -0.414. The number of carbonyl (C=O) groups is 1. The number of aromatic nitrogens is 2. The van der Waals surface area contributed by atoms with Gasteiger partial charge in [0.25, 0.3) is 5.56 Å². The number of nitrogens with zero attached hydrogens (tertiary/aromatic N) is 2. The van der Waals surface area contributed by atoms with E-state index in [9.17, 15) is 14.4 Å². The van der Waals surface area contributed by atoms with Crippen LogP contribution in [0.5, 0.6) is 0 Å². The van der Waals surface area contributed by atoms with Crippen molar-refractivity contribution in [2.24, 2.45) is 0 Å². The van der Waals surface area contributed by atoms with Crippen molar-refractivity contribution in [3.8, 4) is 0 Å². The Kier molecular flexibility index (Phi) is 4.56. The predicted octanol–water partition coefficient (Wildman–Crippen LogP) is 1.64. The second kappa shape index (κ2) is 6.80. The zero-order valence-corrected chi connectivity index (χ0v) is 14.1. The van der Waals surface area contributed by atoms with Gasteiger partial charge in [0.1, 0.15) is 11.5 Å². The number of aromatic amines is 1. The second-order valence-corrected chi connectivity index (χ2v) is 5.94. The zero-order valence-electron chi connectivity index (χ0n) is 14.1. The first-order valence-electron chi connectivity index (χ1n) is 7.97. The van der Waals surface area contributed by atoms with Gasteiger partial charge in [-0.15, -0.1) is 0 Å². The molecule has 0 radical (unpaired) electrons. The van der Waals surface area contributed by atoms with Gasteiger partial charge < -0.3 is 9.32 Å². The number of rotatable bonds is 5. The molecule has 0 atom stereocenters. The Hall–Kier alpha value is -3.09. The molecular formula is C18H19N3O4. The standard InChI is InChI=1S/C18H19N3O4/c1-12-7-8-13(25-12)11-20(2)16(22)9-10-21-15-6-4-3-5-14(15)17(23)19-18(21)24/h3-8H,9-11H2,1-2H3,(H,19,23,24). The Morgan fingerprint density at radius 3 is 2.68 bits per heavy atom. The molecule has 25 heavy (non-hydrogen) atoms. The Balaban J connectivity index is 1.75. The van der Waals surface area contributed by atoms with Crippen LogP contribution in [0.4, 0.5) is 0 Å². The predicted molar refractivity (Wildman–Crippen MR) is 93.4 cm³/mol. The van der Waals surface area contributed by atoms with Gasteiger partial charge in [0.05, 0.1) is 17.4 Å². The Labute approximate surface area is 143 Å². The summed E-state index contributed by atoms with van der Waals surface area (Å²) in [5, 5.41) is 0.425. The van der Waals surface area contributed by atoms with Crippen LogP contribution < -0.4 is 11.2 Å². The molecule has 130 valence electrons. The monoisotopic (exact) mass is 341 g/mol. The van der Waals surface area contributed by atoms with E-state index in [1.165, 1.54) is 4.57 Å². The molecule has 3 rings (SSSR count). The van der Waals surface area contributed by atoms with Crippen LogP contribution in [-0.2, 0) is 17.9 Å². The van der Waals surface area contributed by atoms with Crippen molar-refractivity contribution in [3.63, 3.8) is 0 Å². The number of furan rings is 1. The first kappa shape index (κ1) is 16.8. The summed E-state index contributed by atoms with van der Waals surface area (Å²) in [6, 6.07) is 10.5. The van der Waals surface area contributed by atoms with Gasteiger partial charge in [-0.1, -0.05) is 12.1 Å². The molecule has 0 spiro atoms. The highest BCUT2D eigenvalue weighted by Crippen LogP contribution is 2.11. The Bertz CT molecular complexity index is 1030. The van der Waals surface area contributed by atoms with Crippen molar-refractivity contribution < 1.29 is 9.21 Å². The highest BCUT2D eigenvalue weighted by molar-refractivity contribution is 5.78. The van der Waals surface area contributed by atoms with Crippen LogP contribution in [0.2, 0.25) is 0 Å². The van der Waals surface area contributed by atoms with E-state index in [1.807, 2.05) is 19.1 Å². The lowest BCUT2D eigenvalue weighted by Gasteiger charge is -2.16. The molecule has 0 unspecified atom stereocenters. The number of hydrogen-bond donors (Lipinski definition) is 1. The number of benzene rings is 1. The molecule has 0 aliphatic heterocycles. The van der Waals surface area contributed by atoms with Gasteiger partial charge in [0.15, 0.2) is 0 Å². The Morgan fingerprint density at radius 2 is 1.96 bits per heavy atom. The van der Waals surface area contributed by atoms with Crippen molar-refractivity contribution in [1.82, 2.24) is 14.5 Å². The summed E-state index contributed by atoms with van der Waals surface area (Å²) in [7, 11) is 1.69. The molecule has 2 heterocycles. The zero-order chi connectivity index (χ0) is 18.0. The number of aryl methyl sites for hydroxylation is 2. The van der Waals surface area contributed by atoms with Gasteiger partial charge in [0.2, 0.25) is 5.91 Å². The first-order chi connectivity index (χ1) is 12.0. The van der Waals surface area contributed by atoms with E-state index in [0.717, 1.165) is 5.76 Å². The topological polar surface area (TPSA) is 88.3 Å². The van der Waals surface area contributed by atoms with E-state index in [-0.39, 0.29) is 18.9 Å². The summed E-state index contributed by atoms with van der Waals surface area (Å²) < 4.78 is 6.88. The summed E-state index contributed by atoms with van der Waals surface area (Å²) in [4.78, 5) is 40.1. The third kappa shape index (κ3) is 3.55. The SMILES string of the molecule is Cc1ccc(CN(C)C(=O)CCn2c(=O)[nH]c(=O)c3ccccc32)o1. The van der Waals surface area contributed by atoms with E-state index in [4.69, 9.17) is 4.42 Å². The van der Waals surface area contributed by atoms with Crippen molar-refractivity contribution in [3.05, 3.63) is 68.8 Å². The van der Waals surface area contributed by atoms with Gasteiger partial charge >= 0.3 is 5.69 Å². The summed E-state index contributed by atoms with van der Waals surface area (Å²) in [6.07, 6.45) is 0.145. The molecule has 1 N–H and O–H groups in total. The third-order valence-corrected chi connectivity index (χ3v) is 4.07. The van der Waals surface area contributed by atoms with Gasteiger partial charge in [-0.25, -0.2) is 4.79 Å². The quantitative estimate of drug-likeness (QED) is 0.764. The molecule has 2 aromatic heterocycles. The molecule has 0 bridgehead atoms. The highest BCUT2D eigenvalue weighted by Gasteiger charge is 2.13. The van der Waals surface area contributed by atoms with E-state index in [0.29, 0.717) is 23.2 Å². The van der Waals surface area contributed by atoms with Crippen molar-refractivity contribution in [1.29, 1.82) is 0 Å².